The van der Waals surface area contributed by atoms with Crippen molar-refractivity contribution in [3.8, 4) is 0 Å². The molecule has 1 aromatic heterocycles. The molecule has 1 fully saturated rings. The number of aldehydes is 1. The first-order valence-electron chi connectivity index (χ1n) is 5.95. The molecule has 1 atom stereocenters. The van der Waals surface area contributed by atoms with Gasteiger partial charge in [0.15, 0.2) is 6.29 Å². The summed E-state index contributed by atoms with van der Waals surface area (Å²) in [7, 11) is 1.71. The van der Waals surface area contributed by atoms with Crippen molar-refractivity contribution in [2.75, 3.05) is 31.7 Å². The second-order valence-corrected chi connectivity index (χ2v) is 4.79. The molecular formula is C12H16ClN3O2. The van der Waals surface area contributed by atoms with E-state index >= 15 is 0 Å². The van der Waals surface area contributed by atoms with Crippen molar-refractivity contribution in [2.24, 2.45) is 5.92 Å². The first kappa shape index (κ1) is 13.2. The Morgan fingerprint density at radius 1 is 1.61 bits per heavy atom. The predicted octanol–water partition coefficient (Wildman–Crippen LogP) is 1.81. The second-order valence-electron chi connectivity index (χ2n) is 4.43. The average molecular weight is 270 g/mol. The largest absolute Gasteiger partial charge is 0.384 e. The summed E-state index contributed by atoms with van der Waals surface area (Å²) in [5, 5.41) is 0.212. The van der Waals surface area contributed by atoms with Crippen LogP contribution in [0.15, 0.2) is 6.33 Å². The molecular weight excluding hydrogens is 254 g/mol. The van der Waals surface area contributed by atoms with Crippen LogP contribution in [0.1, 0.15) is 23.2 Å². The summed E-state index contributed by atoms with van der Waals surface area (Å²) < 4.78 is 5.19. The first-order chi connectivity index (χ1) is 8.76. The topological polar surface area (TPSA) is 55.3 Å². The summed E-state index contributed by atoms with van der Waals surface area (Å²) >= 11 is 5.91. The Hall–Kier alpha value is -1.20. The van der Waals surface area contributed by atoms with Crippen molar-refractivity contribution in [1.29, 1.82) is 0 Å². The van der Waals surface area contributed by atoms with Crippen molar-refractivity contribution in [1.82, 2.24) is 9.97 Å². The molecule has 6 heteroatoms. The van der Waals surface area contributed by atoms with Crippen molar-refractivity contribution < 1.29 is 9.53 Å². The zero-order chi connectivity index (χ0) is 13.0. The third-order valence-electron chi connectivity index (χ3n) is 3.15. The predicted molar refractivity (Wildman–Crippen MR) is 69.2 cm³/mol. The van der Waals surface area contributed by atoms with E-state index in [1.807, 2.05) is 0 Å². The summed E-state index contributed by atoms with van der Waals surface area (Å²) in [6.07, 6.45) is 4.32. The molecule has 1 saturated heterocycles. The van der Waals surface area contributed by atoms with Crippen LogP contribution in [-0.2, 0) is 4.74 Å². The van der Waals surface area contributed by atoms with E-state index in [-0.39, 0.29) is 5.15 Å². The number of methoxy groups -OCH3 is 1. The zero-order valence-electron chi connectivity index (χ0n) is 10.3. The highest BCUT2D eigenvalue weighted by atomic mass is 35.5. The van der Waals surface area contributed by atoms with Crippen molar-refractivity contribution >= 4 is 23.7 Å². The van der Waals surface area contributed by atoms with Crippen LogP contribution in [0.2, 0.25) is 5.15 Å². The molecule has 0 aromatic carbocycles. The number of hydrogen-bond acceptors (Lipinski definition) is 5. The molecule has 5 nitrogen and oxygen atoms in total. The highest BCUT2D eigenvalue weighted by Gasteiger charge is 2.23. The third-order valence-corrected chi connectivity index (χ3v) is 3.45. The molecule has 0 amide bonds. The van der Waals surface area contributed by atoms with E-state index in [9.17, 15) is 4.79 Å². The summed E-state index contributed by atoms with van der Waals surface area (Å²) in [5.41, 5.74) is 0.372. The molecule has 18 heavy (non-hydrogen) atoms. The number of aromatic nitrogens is 2. The number of ether oxygens (including phenoxy) is 1. The molecule has 0 spiro atoms. The van der Waals surface area contributed by atoms with Crippen LogP contribution >= 0.6 is 11.6 Å². The quantitative estimate of drug-likeness (QED) is 0.616. The number of carbonyl (C=O) groups excluding carboxylic acids is 1. The van der Waals surface area contributed by atoms with Crippen molar-refractivity contribution in [3.05, 3.63) is 17.0 Å². The molecule has 1 aliphatic rings. The van der Waals surface area contributed by atoms with E-state index in [1.54, 1.807) is 7.11 Å². The molecule has 1 unspecified atom stereocenters. The summed E-state index contributed by atoms with van der Waals surface area (Å²) in [6, 6.07) is 0. The van der Waals surface area contributed by atoms with Crippen LogP contribution in [0.4, 0.5) is 5.82 Å². The van der Waals surface area contributed by atoms with Crippen molar-refractivity contribution in [3.63, 3.8) is 0 Å². The lowest BCUT2D eigenvalue weighted by atomic mass is 9.99. The van der Waals surface area contributed by atoms with Gasteiger partial charge in [-0.2, -0.15) is 0 Å². The van der Waals surface area contributed by atoms with Gasteiger partial charge in [-0.15, -0.1) is 0 Å². The van der Waals surface area contributed by atoms with Gasteiger partial charge in [0.25, 0.3) is 0 Å². The molecule has 2 heterocycles. The average Bonchev–Trinajstić information content (AvgIpc) is 2.39. The number of rotatable bonds is 4. The van der Waals surface area contributed by atoms with E-state index in [1.165, 1.54) is 6.33 Å². The lowest BCUT2D eigenvalue weighted by Crippen LogP contribution is -2.38. The van der Waals surface area contributed by atoms with E-state index in [0.29, 0.717) is 17.3 Å². The second kappa shape index (κ2) is 6.11. The molecule has 0 aliphatic carbocycles. The Balaban J connectivity index is 2.20. The normalized spacial score (nSPS) is 19.9. The number of hydrogen-bond donors (Lipinski definition) is 0. The van der Waals surface area contributed by atoms with Crippen LogP contribution in [0, 0.1) is 5.92 Å². The fourth-order valence-electron chi connectivity index (χ4n) is 2.35. The fourth-order valence-corrected chi connectivity index (χ4v) is 2.52. The highest BCUT2D eigenvalue weighted by molar-refractivity contribution is 6.32. The smallest absolute Gasteiger partial charge is 0.156 e. The van der Waals surface area contributed by atoms with Gasteiger partial charge in [-0.1, -0.05) is 11.6 Å². The minimum atomic E-state index is 0.212. The Kier molecular flexibility index (Phi) is 4.49. The summed E-state index contributed by atoms with van der Waals surface area (Å²) in [5.74, 6) is 1.10. The monoisotopic (exact) mass is 269 g/mol. The third kappa shape index (κ3) is 2.79. The lowest BCUT2D eigenvalue weighted by molar-refractivity contribution is 0.112. The van der Waals surface area contributed by atoms with Gasteiger partial charge >= 0.3 is 0 Å². The molecule has 2 rings (SSSR count). The number of nitrogens with zero attached hydrogens (tertiary/aromatic N) is 3. The Morgan fingerprint density at radius 2 is 2.44 bits per heavy atom. The molecule has 0 bridgehead atoms. The minimum absolute atomic E-state index is 0.212. The molecule has 0 N–H and O–H groups in total. The van der Waals surface area contributed by atoms with Crippen LogP contribution in [0.25, 0.3) is 0 Å². The maximum Gasteiger partial charge on any atom is 0.156 e. The number of anilines is 1. The summed E-state index contributed by atoms with van der Waals surface area (Å²) in [4.78, 5) is 21.2. The SMILES string of the molecule is COCC1CCCN(c2ncnc(Cl)c2C=O)C1. The van der Waals surface area contributed by atoms with E-state index in [0.717, 1.165) is 38.8 Å². The minimum Gasteiger partial charge on any atom is -0.384 e. The molecule has 0 saturated carbocycles. The van der Waals surface area contributed by atoms with Crippen LogP contribution in [0.5, 0.6) is 0 Å². The van der Waals surface area contributed by atoms with Gasteiger partial charge in [0.2, 0.25) is 0 Å². The van der Waals surface area contributed by atoms with Gasteiger partial charge in [-0.3, -0.25) is 4.79 Å². The van der Waals surface area contributed by atoms with E-state index in [2.05, 4.69) is 14.9 Å². The highest BCUT2D eigenvalue weighted by Crippen LogP contribution is 2.26. The van der Waals surface area contributed by atoms with Gasteiger partial charge in [0.1, 0.15) is 17.3 Å². The van der Waals surface area contributed by atoms with Crippen molar-refractivity contribution in [2.45, 2.75) is 12.8 Å². The molecule has 98 valence electrons. The van der Waals surface area contributed by atoms with Gasteiger partial charge in [0, 0.05) is 20.2 Å². The van der Waals surface area contributed by atoms with Crippen LogP contribution in [0.3, 0.4) is 0 Å². The summed E-state index contributed by atoms with van der Waals surface area (Å²) in [6.45, 7) is 2.45. The van der Waals surface area contributed by atoms with Gasteiger partial charge in [-0.25, -0.2) is 9.97 Å². The van der Waals surface area contributed by atoms with E-state index < -0.39 is 0 Å². The zero-order valence-corrected chi connectivity index (χ0v) is 11.1. The standard InChI is InChI=1S/C12H16ClN3O2/c1-18-7-9-3-2-4-16(5-9)12-10(6-17)11(13)14-8-15-12/h6,8-9H,2-5,7H2,1H3. The van der Waals surface area contributed by atoms with Crippen LogP contribution < -0.4 is 4.90 Å². The van der Waals surface area contributed by atoms with Gasteiger partial charge in [0.05, 0.1) is 12.2 Å². The van der Waals surface area contributed by atoms with E-state index in [4.69, 9.17) is 16.3 Å². The van der Waals surface area contributed by atoms with Gasteiger partial charge < -0.3 is 9.64 Å². The van der Waals surface area contributed by atoms with Gasteiger partial charge in [-0.05, 0) is 18.8 Å². The first-order valence-corrected chi connectivity index (χ1v) is 6.33. The Labute approximate surface area is 111 Å². The molecule has 0 radical (unpaired) electrons. The Bertz CT molecular complexity index is 426. The van der Waals surface area contributed by atoms with Crippen LogP contribution in [-0.4, -0.2) is 43.1 Å². The Morgan fingerprint density at radius 3 is 3.17 bits per heavy atom. The molecule has 1 aromatic rings. The maximum atomic E-state index is 11.1. The fraction of sp³-hybridized carbons (Fsp3) is 0.583. The number of piperidine rings is 1. The lowest BCUT2D eigenvalue weighted by Gasteiger charge is -2.33. The maximum absolute atomic E-state index is 11.1. The molecule has 1 aliphatic heterocycles. The number of carbonyl (C=O) groups is 1. The number of halogens is 1.